The van der Waals surface area contributed by atoms with E-state index >= 15 is 0 Å². The van der Waals surface area contributed by atoms with Crippen LogP contribution in [0.1, 0.15) is 27.1 Å². The number of aromatic carboxylic acids is 1. The standard InChI is InChI=1S/C20H19FN4O3/c21-14-9-16(20(27)28)18(22-10-14)23-15-3-1-2-13(8-15)19(26)24-17-11-25-6-4-12(17)5-7-25/h1-4,8-10,17H,5-7,11H2,(H,22,23)(H,24,26)(H,27,28). The maximum atomic E-state index is 13.3. The molecule has 1 aromatic carbocycles. The summed E-state index contributed by atoms with van der Waals surface area (Å²) in [6.07, 6.45) is 4.08. The van der Waals surface area contributed by atoms with Crippen molar-refractivity contribution in [2.75, 3.05) is 25.0 Å². The van der Waals surface area contributed by atoms with Crippen LogP contribution in [0.3, 0.4) is 0 Å². The number of nitrogens with one attached hydrogen (secondary N) is 2. The lowest BCUT2D eigenvalue weighted by molar-refractivity contribution is 0.0696. The Hall–Kier alpha value is -3.26. The molecular formula is C20H19FN4O3. The second kappa shape index (κ2) is 7.40. The fourth-order valence-corrected chi connectivity index (χ4v) is 3.54. The minimum Gasteiger partial charge on any atom is -0.478 e. The second-order valence-electron chi connectivity index (χ2n) is 6.88. The van der Waals surface area contributed by atoms with E-state index in [4.69, 9.17) is 0 Å². The molecule has 8 heteroatoms. The highest BCUT2D eigenvalue weighted by Crippen LogP contribution is 2.23. The Kier molecular flexibility index (Phi) is 4.79. The van der Waals surface area contributed by atoms with Gasteiger partial charge in [-0.25, -0.2) is 14.2 Å². The van der Waals surface area contributed by atoms with Gasteiger partial charge in [0.2, 0.25) is 0 Å². The molecule has 28 heavy (non-hydrogen) atoms. The molecule has 2 aromatic rings. The van der Waals surface area contributed by atoms with Crippen LogP contribution in [0.25, 0.3) is 0 Å². The third kappa shape index (κ3) is 3.72. The number of aromatic nitrogens is 1. The molecule has 2 atom stereocenters. The molecule has 3 N–H and O–H groups in total. The zero-order chi connectivity index (χ0) is 19.7. The predicted molar refractivity (Wildman–Crippen MR) is 101 cm³/mol. The zero-order valence-corrected chi connectivity index (χ0v) is 15.0. The summed E-state index contributed by atoms with van der Waals surface area (Å²) in [5, 5.41) is 15.1. The number of fused-ring (bicyclic) bond motifs is 3. The summed E-state index contributed by atoms with van der Waals surface area (Å²) in [6.45, 7) is 2.79. The molecule has 4 heterocycles. The van der Waals surface area contributed by atoms with Gasteiger partial charge in [0.05, 0.1) is 12.2 Å². The van der Waals surface area contributed by atoms with E-state index in [2.05, 4.69) is 26.6 Å². The molecular weight excluding hydrogens is 363 g/mol. The lowest BCUT2D eigenvalue weighted by atomic mass is 9.93. The predicted octanol–water partition coefficient (Wildman–Crippen LogP) is 2.41. The van der Waals surface area contributed by atoms with E-state index in [0.717, 1.165) is 38.3 Å². The number of carboxylic acid groups (broad SMARTS) is 1. The summed E-state index contributed by atoms with van der Waals surface area (Å²) in [5.74, 6) is -2.22. The molecule has 1 amide bonds. The molecule has 0 radical (unpaired) electrons. The van der Waals surface area contributed by atoms with Gasteiger partial charge in [-0.1, -0.05) is 12.1 Å². The van der Waals surface area contributed by atoms with Crippen molar-refractivity contribution in [2.45, 2.75) is 12.5 Å². The van der Waals surface area contributed by atoms with Crippen molar-refractivity contribution in [2.24, 2.45) is 0 Å². The molecule has 144 valence electrons. The van der Waals surface area contributed by atoms with Crippen LogP contribution in [0.4, 0.5) is 15.9 Å². The largest absolute Gasteiger partial charge is 0.478 e. The van der Waals surface area contributed by atoms with E-state index in [9.17, 15) is 19.1 Å². The summed E-state index contributed by atoms with van der Waals surface area (Å²) in [5.41, 5.74) is 1.92. The van der Waals surface area contributed by atoms with Gasteiger partial charge < -0.3 is 15.7 Å². The molecule has 7 nitrogen and oxygen atoms in total. The fourth-order valence-electron chi connectivity index (χ4n) is 3.54. The fraction of sp³-hybridized carbons (Fsp3) is 0.250. The van der Waals surface area contributed by atoms with Crippen LogP contribution in [0, 0.1) is 5.82 Å². The zero-order valence-electron chi connectivity index (χ0n) is 15.0. The first kappa shape index (κ1) is 18.1. The minimum absolute atomic E-state index is 0.00834. The average molecular weight is 382 g/mol. The molecule has 2 unspecified atom stereocenters. The number of carbonyl (C=O) groups is 2. The Morgan fingerprint density at radius 1 is 1.29 bits per heavy atom. The van der Waals surface area contributed by atoms with Gasteiger partial charge in [-0.05, 0) is 36.3 Å². The number of carbonyl (C=O) groups excluding carboxylic acids is 1. The lowest BCUT2D eigenvalue weighted by Gasteiger charge is -2.39. The van der Waals surface area contributed by atoms with E-state index < -0.39 is 11.8 Å². The van der Waals surface area contributed by atoms with Crippen molar-refractivity contribution in [1.29, 1.82) is 0 Å². The molecule has 0 aliphatic carbocycles. The summed E-state index contributed by atoms with van der Waals surface area (Å²) < 4.78 is 13.3. The van der Waals surface area contributed by atoms with Gasteiger partial charge >= 0.3 is 5.97 Å². The maximum absolute atomic E-state index is 13.3. The van der Waals surface area contributed by atoms with Crippen molar-refractivity contribution >= 4 is 23.4 Å². The van der Waals surface area contributed by atoms with Crippen LogP contribution in [0.15, 0.2) is 48.2 Å². The monoisotopic (exact) mass is 382 g/mol. The van der Waals surface area contributed by atoms with Crippen molar-refractivity contribution in [3.63, 3.8) is 0 Å². The quantitative estimate of drug-likeness (QED) is 0.688. The average Bonchev–Trinajstić information content (AvgIpc) is 2.70. The molecule has 2 bridgehead atoms. The Balaban J connectivity index is 1.50. The molecule has 5 rings (SSSR count). The Labute approximate surface area is 160 Å². The highest BCUT2D eigenvalue weighted by Gasteiger charge is 2.29. The van der Waals surface area contributed by atoms with E-state index in [1.807, 2.05) is 0 Å². The number of anilines is 2. The van der Waals surface area contributed by atoms with E-state index in [0.29, 0.717) is 11.3 Å². The Morgan fingerprint density at radius 3 is 2.82 bits per heavy atom. The van der Waals surface area contributed by atoms with E-state index in [1.165, 1.54) is 5.57 Å². The van der Waals surface area contributed by atoms with Gasteiger partial charge in [-0.3, -0.25) is 9.69 Å². The molecule has 3 aliphatic rings. The van der Waals surface area contributed by atoms with Gasteiger partial charge in [-0.15, -0.1) is 0 Å². The number of hydrogen-bond donors (Lipinski definition) is 3. The molecule has 1 aromatic heterocycles. The number of halogens is 1. The smallest absolute Gasteiger partial charge is 0.339 e. The van der Waals surface area contributed by atoms with Crippen molar-refractivity contribution in [3.05, 3.63) is 65.1 Å². The van der Waals surface area contributed by atoms with E-state index in [-0.39, 0.29) is 23.3 Å². The van der Waals surface area contributed by atoms with Gasteiger partial charge in [0.15, 0.2) is 0 Å². The first-order valence-corrected chi connectivity index (χ1v) is 8.97. The topological polar surface area (TPSA) is 94.6 Å². The molecule has 3 aliphatic heterocycles. The van der Waals surface area contributed by atoms with Gasteiger partial charge in [0.1, 0.15) is 17.2 Å². The summed E-state index contributed by atoms with van der Waals surface area (Å²) in [4.78, 5) is 30.1. The SMILES string of the molecule is O=C(NC1CN2CC=C1CC2)c1cccc(Nc2ncc(F)cc2C(=O)O)c1. The number of nitrogens with zero attached hydrogens (tertiary/aromatic N) is 2. The number of rotatable bonds is 5. The normalized spacial score (nSPS) is 20.4. The molecule has 1 fully saturated rings. The molecule has 0 saturated carbocycles. The molecule has 0 spiro atoms. The third-order valence-electron chi connectivity index (χ3n) is 4.99. The van der Waals surface area contributed by atoms with Crippen molar-refractivity contribution in [3.8, 4) is 0 Å². The van der Waals surface area contributed by atoms with Gasteiger partial charge in [0.25, 0.3) is 5.91 Å². The van der Waals surface area contributed by atoms with Gasteiger partial charge in [-0.2, -0.15) is 0 Å². The van der Waals surface area contributed by atoms with Crippen LogP contribution >= 0.6 is 0 Å². The maximum Gasteiger partial charge on any atom is 0.339 e. The van der Waals surface area contributed by atoms with Crippen LogP contribution in [-0.2, 0) is 0 Å². The number of pyridine rings is 1. The van der Waals surface area contributed by atoms with Crippen LogP contribution < -0.4 is 10.6 Å². The Bertz CT molecular complexity index is 976. The number of carboxylic acids is 1. The second-order valence-corrected chi connectivity index (χ2v) is 6.88. The number of piperidine rings is 1. The van der Waals surface area contributed by atoms with Crippen molar-refractivity contribution in [1.82, 2.24) is 15.2 Å². The number of amides is 1. The minimum atomic E-state index is -1.29. The first-order valence-electron chi connectivity index (χ1n) is 8.97. The number of hydrogen-bond acceptors (Lipinski definition) is 5. The van der Waals surface area contributed by atoms with Crippen LogP contribution in [0.5, 0.6) is 0 Å². The van der Waals surface area contributed by atoms with E-state index in [1.54, 1.807) is 24.3 Å². The van der Waals surface area contributed by atoms with Crippen LogP contribution in [-0.4, -0.2) is 52.5 Å². The summed E-state index contributed by atoms with van der Waals surface area (Å²) >= 11 is 0. The van der Waals surface area contributed by atoms with Crippen molar-refractivity contribution < 1.29 is 19.1 Å². The Morgan fingerprint density at radius 2 is 2.14 bits per heavy atom. The third-order valence-corrected chi connectivity index (χ3v) is 4.99. The first-order chi connectivity index (χ1) is 13.5. The number of benzene rings is 1. The van der Waals surface area contributed by atoms with Gasteiger partial charge in [0, 0.05) is 30.9 Å². The molecule has 1 saturated heterocycles. The summed E-state index contributed by atoms with van der Waals surface area (Å²) in [6, 6.07) is 7.59. The lowest BCUT2D eigenvalue weighted by Crippen LogP contribution is -2.52. The highest BCUT2D eigenvalue weighted by molar-refractivity contribution is 5.96. The highest BCUT2D eigenvalue weighted by atomic mass is 19.1. The van der Waals surface area contributed by atoms with Crippen LogP contribution in [0.2, 0.25) is 0 Å². The summed E-state index contributed by atoms with van der Waals surface area (Å²) in [7, 11) is 0.